The molecule has 0 aromatic heterocycles. The number of aromatic hydroxyl groups is 1. The van der Waals surface area contributed by atoms with Crippen LogP contribution >= 0.6 is 31.9 Å². The van der Waals surface area contributed by atoms with Crippen molar-refractivity contribution in [2.75, 3.05) is 11.9 Å². The Morgan fingerprint density at radius 2 is 2.04 bits per heavy atom. The van der Waals surface area contributed by atoms with Gasteiger partial charge in [-0.15, -0.1) is 0 Å². The molecule has 1 heterocycles. The molecule has 6 heteroatoms. The number of phenols is 1. The van der Waals surface area contributed by atoms with Crippen molar-refractivity contribution in [1.82, 2.24) is 0 Å². The van der Waals surface area contributed by atoms with E-state index in [1.807, 2.05) is 19.1 Å². The van der Waals surface area contributed by atoms with Crippen LogP contribution < -0.4 is 10.1 Å². The Bertz CT molecular complexity index is 831. The van der Waals surface area contributed by atoms with Crippen LogP contribution in [0, 0.1) is 0 Å². The molecule has 0 aliphatic carbocycles. The molecule has 0 fully saturated rings. The zero-order valence-corrected chi connectivity index (χ0v) is 15.4. The summed E-state index contributed by atoms with van der Waals surface area (Å²) in [6.07, 6.45) is 1.78. The van der Waals surface area contributed by atoms with E-state index in [0.29, 0.717) is 17.9 Å². The largest absolute Gasteiger partial charge is 0.504 e. The molecular formula is C17H13Br2NO3. The number of amides is 1. The summed E-state index contributed by atoms with van der Waals surface area (Å²) in [4.78, 5) is 12.3. The van der Waals surface area contributed by atoms with Gasteiger partial charge in [0.05, 0.1) is 12.3 Å². The van der Waals surface area contributed by atoms with E-state index in [2.05, 4.69) is 37.2 Å². The summed E-state index contributed by atoms with van der Waals surface area (Å²) in [6.45, 7) is 2.30. The number of rotatable bonds is 3. The Balaban J connectivity index is 2.08. The second-order valence-electron chi connectivity index (χ2n) is 4.98. The first-order chi connectivity index (χ1) is 11.0. The van der Waals surface area contributed by atoms with Crippen LogP contribution in [0.15, 0.2) is 39.3 Å². The van der Waals surface area contributed by atoms with Gasteiger partial charge in [-0.2, -0.15) is 0 Å². The third-order valence-corrected chi connectivity index (χ3v) is 4.51. The highest BCUT2D eigenvalue weighted by molar-refractivity contribution is 9.11. The molecule has 3 rings (SSSR count). The lowest BCUT2D eigenvalue weighted by molar-refractivity contribution is -0.110. The minimum absolute atomic E-state index is 0.0794. The SMILES string of the molecule is CCOc1cc(C=C2C(=O)Nc3c(Br)cc(Br)cc32)ccc1O. The van der Waals surface area contributed by atoms with Crippen molar-refractivity contribution >= 4 is 55.1 Å². The van der Waals surface area contributed by atoms with Gasteiger partial charge in [0, 0.05) is 20.1 Å². The van der Waals surface area contributed by atoms with Crippen molar-refractivity contribution < 1.29 is 14.6 Å². The van der Waals surface area contributed by atoms with Crippen molar-refractivity contribution in [2.24, 2.45) is 0 Å². The number of carbonyl (C=O) groups excluding carboxylic acids is 1. The maximum Gasteiger partial charge on any atom is 0.256 e. The van der Waals surface area contributed by atoms with Crippen LogP contribution in [0.5, 0.6) is 11.5 Å². The average Bonchev–Trinajstić information content (AvgIpc) is 2.80. The predicted molar refractivity (Wildman–Crippen MR) is 97.6 cm³/mol. The summed E-state index contributed by atoms with van der Waals surface area (Å²) in [6, 6.07) is 8.79. The number of fused-ring (bicyclic) bond motifs is 1. The molecular weight excluding hydrogens is 426 g/mol. The lowest BCUT2D eigenvalue weighted by atomic mass is 10.0. The van der Waals surface area contributed by atoms with Gasteiger partial charge < -0.3 is 15.2 Å². The fourth-order valence-electron chi connectivity index (χ4n) is 2.42. The van der Waals surface area contributed by atoms with E-state index in [1.165, 1.54) is 0 Å². The quantitative estimate of drug-likeness (QED) is 0.676. The Morgan fingerprint density at radius 3 is 2.78 bits per heavy atom. The molecule has 4 nitrogen and oxygen atoms in total. The van der Waals surface area contributed by atoms with Crippen molar-refractivity contribution in [3.8, 4) is 11.5 Å². The summed E-state index contributed by atoms with van der Waals surface area (Å²) < 4.78 is 7.08. The number of phenolic OH excluding ortho intramolecular Hbond substituents is 1. The molecule has 118 valence electrons. The van der Waals surface area contributed by atoms with Crippen LogP contribution in [0.2, 0.25) is 0 Å². The molecule has 0 saturated carbocycles. The molecule has 0 unspecified atom stereocenters. The van der Waals surface area contributed by atoms with Crippen LogP contribution in [0.25, 0.3) is 11.6 Å². The number of hydrogen-bond acceptors (Lipinski definition) is 3. The number of benzene rings is 2. The number of carbonyl (C=O) groups is 1. The zero-order valence-electron chi connectivity index (χ0n) is 12.2. The Labute approximate surface area is 150 Å². The fourth-order valence-corrected chi connectivity index (χ4v) is 3.74. The van der Waals surface area contributed by atoms with E-state index in [4.69, 9.17) is 4.74 Å². The number of ether oxygens (including phenoxy) is 1. The molecule has 0 saturated heterocycles. The first kappa shape index (κ1) is 16.1. The van der Waals surface area contributed by atoms with E-state index >= 15 is 0 Å². The standard InChI is InChI=1S/C17H13Br2NO3/c1-2-23-15-6-9(3-4-14(15)21)5-12-11-7-10(18)8-13(19)16(11)20-17(12)22/h3-8,21H,2H2,1H3,(H,20,22). The Morgan fingerprint density at radius 1 is 1.26 bits per heavy atom. The second-order valence-corrected chi connectivity index (χ2v) is 6.75. The molecule has 2 aromatic rings. The summed E-state index contributed by atoms with van der Waals surface area (Å²) >= 11 is 6.90. The molecule has 1 aliphatic heterocycles. The van der Waals surface area contributed by atoms with Gasteiger partial charge >= 0.3 is 0 Å². The molecule has 0 spiro atoms. The van der Waals surface area contributed by atoms with Gasteiger partial charge in [-0.05, 0) is 58.8 Å². The van der Waals surface area contributed by atoms with Crippen molar-refractivity contribution in [3.63, 3.8) is 0 Å². The second kappa shape index (κ2) is 6.37. The van der Waals surface area contributed by atoms with Gasteiger partial charge in [0.25, 0.3) is 5.91 Å². The predicted octanol–water partition coefficient (Wildman–Crippen LogP) is 4.81. The maximum absolute atomic E-state index is 12.3. The van der Waals surface area contributed by atoms with Crippen molar-refractivity contribution in [2.45, 2.75) is 6.92 Å². The van der Waals surface area contributed by atoms with Crippen molar-refractivity contribution in [1.29, 1.82) is 0 Å². The smallest absolute Gasteiger partial charge is 0.256 e. The molecule has 0 radical (unpaired) electrons. The monoisotopic (exact) mass is 437 g/mol. The Hall–Kier alpha value is -1.79. The van der Waals surface area contributed by atoms with Crippen molar-refractivity contribution in [3.05, 3.63) is 50.4 Å². The number of halogens is 2. The molecule has 0 bridgehead atoms. The fraction of sp³-hybridized carbons (Fsp3) is 0.118. The van der Waals surface area contributed by atoms with E-state index in [1.54, 1.807) is 24.3 Å². The first-order valence-corrected chi connectivity index (χ1v) is 8.56. The lowest BCUT2D eigenvalue weighted by Gasteiger charge is -2.07. The Kier molecular flexibility index (Phi) is 4.46. The topological polar surface area (TPSA) is 58.6 Å². The van der Waals surface area contributed by atoms with Crippen LogP contribution in [-0.4, -0.2) is 17.6 Å². The summed E-state index contributed by atoms with van der Waals surface area (Å²) in [7, 11) is 0. The van der Waals surface area contributed by atoms with E-state index in [9.17, 15) is 9.90 Å². The average molecular weight is 439 g/mol. The third-order valence-electron chi connectivity index (χ3n) is 3.42. The summed E-state index contributed by atoms with van der Waals surface area (Å²) in [5.41, 5.74) is 2.92. The molecule has 23 heavy (non-hydrogen) atoms. The zero-order chi connectivity index (χ0) is 16.6. The minimum atomic E-state index is -0.162. The normalized spacial score (nSPS) is 14.7. The first-order valence-electron chi connectivity index (χ1n) is 6.98. The van der Waals surface area contributed by atoms with Gasteiger partial charge in [0.15, 0.2) is 11.5 Å². The van der Waals surface area contributed by atoms with Gasteiger partial charge in [-0.25, -0.2) is 0 Å². The summed E-state index contributed by atoms with van der Waals surface area (Å²) in [5.74, 6) is 0.316. The van der Waals surface area contributed by atoms with E-state index < -0.39 is 0 Å². The van der Waals surface area contributed by atoms with Gasteiger partial charge in [0.1, 0.15) is 0 Å². The minimum Gasteiger partial charge on any atom is -0.504 e. The van der Waals surface area contributed by atoms with E-state index in [-0.39, 0.29) is 11.7 Å². The van der Waals surface area contributed by atoms with Gasteiger partial charge in [0.2, 0.25) is 0 Å². The lowest BCUT2D eigenvalue weighted by Crippen LogP contribution is -2.03. The maximum atomic E-state index is 12.3. The van der Waals surface area contributed by atoms with E-state index in [0.717, 1.165) is 25.8 Å². The molecule has 0 atom stereocenters. The highest BCUT2D eigenvalue weighted by Crippen LogP contribution is 2.40. The van der Waals surface area contributed by atoms with Crippen LogP contribution in [0.4, 0.5) is 5.69 Å². The molecule has 1 aliphatic rings. The van der Waals surface area contributed by atoms with Gasteiger partial charge in [-0.1, -0.05) is 22.0 Å². The van der Waals surface area contributed by atoms with Crippen LogP contribution in [0.3, 0.4) is 0 Å². The summed E-state index contributed by atoms with van der Waals surface area (Å²) in [5, 5.41) is 12.6. The highest BCUT2D eigenvalue weighted by atomic mass is 79.9. The molecule has 2 aromatic carbocycles. The number of nitrogens with one attached hydrogen (secondary N) is 1. The van der Waals surface area contributed by atoms with Gasteiger partial charge in [-0.3, -0.25) is 4.79 Å². The number of anilines is 1. The van der Waals surface area contributed by atoms with Crippen LogP contribution in [-0.2, 0) is 4.79 Å². The highest BCUT2D eigenvalue weighted by Gasteiger charge is 2.26. The molecule has 2 N–H and O–H groups in total. The number of hydrogen-bond donors (Lipinski definition) is 2. The molecule has 1 amide bonds. The van der Waals surface area contributed by atoms with Crippen LogP contribution in [0.1, 0.15) is 18.1 Å². The third kappa shape index (κ3) is 3.14.